The van der Waals surface area contributed by atoms with Crippen LogP contribution in [0.15, 0.2) is 48.5 Å². The molecule has 2 aliphatic rings. The van der Waals surface area contributed by atoms with Gasteiger partial charge in [-0.2, -0.15) is 0 Å². The molecule has 0 aliphatic carbocycles. The fourth-order valence-corrected chi connectivity index (χ4v) is 4.67. The molecule has 2 saturated heterocycles. The Labute approximate surface area is 183 Å². The standard InChI is InChI=1S/C24H29ClFN3O/c25-20-6-4-19(5-7-20)24(30)29-13-2-1-3-23(29)12-14-27-15-17-28(18-16-27)22-10-8-21(26)9-11-22/h4-11,23H,1-3,12-18H2. The van der Waals surface area contributed by atoms with Crippen molar-refractivity contribution in [2.24, 2.45) is 0 Å². The Morgan fingerprint density at radius 2 is 1.63 bits per heavy atom. The molecule has 4 nitrogen and oxygen atoms in total. The van der Waals surface area contributed by atoms with Crippen molar-refractivity contribution in [3.63, 3.8) is 0 Å². The van der Waals surface area contributed by atoms with Crippen molar-refractivity contribution < 1.29 is 9.18 Å². The molecule has 160 valence electrons. The fraction of sp³-hybridized carbons (Fsp3) is 0.458. The smallest absolute Gasteiger partial charge is 0.254 e. The number of rotatable bonds is 5. The molecular weight excluding hydrogens is 401 g/mol. The zero-order chi connectivity index (χ0) is 20.9. The molecule has 0 bridgehead atoms. The Kier molecular flexibility index (Phi) is 6.90. The predicted octanol–water partition coefficient (Wildman–Crippen LogP) is 4.69. The molecule has 0 aromatic heterocycles. The zero-order valence-electron chi connectivity index (χ0n) is 17.3. The van der Waals surface area contributed by atoms with Crippen molar-refractivity contribution in [1.82, 2.24) is 9.80 Å². The minimum Gasteiger partial charge on any atom is -0.369 e. The Bertz CT molecular complexity index is 835. The summed E-state index contributed by atoms with van der Waals surface area (Å²) in [4.78, 5) is 19.9. The van der Waals surface area contributed by atoms with Crippen LogP contribution in [0.5, 0.6) is 0 Å². The summed E-state index contributed by atoms with van der Waals surface area (Å²) in [6, 6.07) is 14.3. The number of benzene rings is 2. The number of carbonyl (C=O) groups is 1. The maximum atomic E-state index is 13.1. The molecule has 2 aliphatic heterocycles. The maximum absolute atomic E-state index is 13.1. The van der Waals surface area contributed by atoms with Gasteiger partial charge in [-0.25, -0.2) is 4.39 Å². The highest BCUT2D eigenvalue weighted by atomic mass is 35.5. The van der Waals surface area contributed by atoms with Gasteiger partial charge < -0.3 is 9.80 Å². The van der Waals surface area contributed by atoms with Gasteiger partial charge in [0, 0.05) is 61.6 Å². The lowest BCUT2D eigenvalue weighted by molar-refractivity contribution is 0.0582. The minimum atomic E-state index is -0.192. The average molecular weight is 430 g/mol. The van der Waals surface area contributed by atoms with Gasteiger partial charge in [0.2, 0.25) is 0 Å². The highest BCUT2D eigenvalue weighted by molar-refractivity contribution is 6.30. The van der Waals surface area contributed by atoms with Crippen LogP contribution in [-0.4, -0.2) is 61.0 Å². The molecule has 0 saturated carbocycles. The number of nitrogens with zero attached hydrogens (tertiary/aromatic N) is 3. The molecule has 2 fully saturated rings. The van der Waals surface area contributed by atoms with E-state index in [9.17, 15) is 9.18 Å². The van der Waals surface area contributed by atoms with E-state index >= 15 is 0 Å². The molecule has 2 heterocycles. The number of likely N-dealkylation sites (tertiary alicyclic amines) is 1. The van der Waals surface area contributed by atoms with E-state index in [-0.39, 0.29) is 11.7 Å². The second-order valence-electron chi connectivity index (χ2n) is 8.25. The first-order valence-corrected chi connectivity index (χ1v) is 11.3. The van der Waals surface area contributed by atoms with E-state index in [1.165, 1.54) is 18.6 Å². The van der Waals surface area contributed by atoms with Crippen molar-refractivity contribution in [3.8, 4) is 0 Å². The van der Waals surface area contributed by atoms with E-state index in [1.807, 2.05) is 24.3 Å². The summed E-state index contributed by atoms with van der Waals surface area (Å²) in [5.41, 5.74) is 1.81. The van der Waals surface area contributed by atoms with Gasteiger partial charge in [0.1, 0.15) is 5.82 Å². The zero-order valence-corrected chi connectivity index (χ0v) is 18.0. The average Bonchev–Trinajstić information content (AvgIpc) is 2.79. The number of piperidine rings is 1. The van der Waals surface area contributed by atoms with Crippen LogP contribution < -0.4 is 4.90 Å². The number of halogens is 2. The summed E-state index contributed by atoms with van der Waals surface area (Å²) >= 11 is 5.97. The van der Waals surface area contributed by atoms with Gasteiger partial charge in [-0.05, 0) is 74.2 Å². The molecule has 6 heteroatoms. The second kappa shape index (κ2) is 9.80. The van der Waals surface area contributed by atoms with Crippen LogP contribution in [0.1, 0.15) is 36.0 Å². The molecule has 0 N–H and O–H groups in total. The third-order valence-electron chi connectivity index (χ3n) is 6.32. The Morgan fingerprint density at radius 3 is 2.33 bits per heavy atom. The van der Waals surface area contributed by atoms with Gasteiger partial charge in [-0.3, -0.25) is 9.69 Å². The molecule has 1 atom stereocenters. The summed E-state index contributed by atoms with van der Waals surface area (Å²) in [6.07, 6.45) is 4.35. The maximum Gasteiger partial charge on any atom is 0.254 e. The Balaban J connectivity index is 1.29. The van der Waals surface area contributed by atoms with Crippen LogP contribution in [0.3, 0.4) is 0 Å². The van der Waals surface area contributed by atoms with E-state index in [0.717, 1.165) is 69.8 Å². The van der Waals surface area contributed by atoms with E-state index in [1.54, 1.807) is 12.1 Å². The number of hydrogen-bond donors (Lipinski definition) is 0. The summed E-state index contributed by atoms with van der Waals surface area (Å²) in [5, 5.41) is 0.654. The normalized spacial score (nSPS) is 20.4. The number of carbonyl (C=O) groups excluding carboxylic acids is 1. The minimum absolute atomic E-state index is 0.123. The van der Waals surface area contributed by atoms with Crippen molar-refractivity contribution in [1.29, 1.82) is 0 Å². The third kappa shape index (κ3) is 5.13. The van der Waals surface area contributed by atoms with Gasteiger partial charge in [-0.15, -0.1) is 0 Å². The molecule has 1 unspecified atom stereocenters. The molecule has 0 radical (unpaired) electrons. The molecule has 4 rings (SSSR count). The summed E-state index contributed by atoms with van der Waals surface area (Å²) in [5.74, 6) is -0.0694. The van der Waals surface area contributed by atoms with Gasteiger partial charge in [-0.1, -0.05) is 11.6 Å². The summed E-state index contributed by atoms with van der Waals surface area (Å²) in [7, 11) is 0. The van der Waals surface area contributed by atoms with E-state index in [4.69, 9.17) is 11.6 Å². The van der Waals surface area contributed by atoms with Crippen molar-refractivity contribution >= 4 is 23.2 Å². The topological polar surface area (TPSA) is 26.8 Å². The molecule has 2 aromatic rings. The molecule has 30 heavy (non-hydrogen) atoms. The van der Waals surface area contributed by atoms with Gasteiger partial charge in [0.25, 0.3) is 5.91 Å². The van der Waals surface area contributed by atoms with Crippen molar-refractivity contribution in [2.75, 3.05) is 44.2 Å². The van der Waals surface area contributed by atoms with Gasteiger partial charge in [0.05, 0.1) is 0 Å². The van der Waals surface area contributed by atoms with Crippen LogP contribution in [0, 0.1) is 5.82 Å². The van der Waals surface area contributed by atoms with Crippen LogP contribution in [0.25, 0.3) is 0 Å². The lowest BCUT2D eigenvalue weighted by Crippen LogP contribution is -2.49. The highest BCUT2D eigenvalue weighted by Crippen LogP contribution is 2.24. The quantitative estimate of drug-likeness (QED) is 0.690. The first kappa shape index (κ1) is 21.1. The first-order chi connectivity index (χ1) is 14.6. The largest absolute Gasteiger partial charge is 0.369 e. The molecular formula is C24H29ClFN3O. The second-order valence-corrected chi connectivity index (χ2v) is 8.69. The molecule has 0 spiro atoms. The Hall–Kier alpha value is -2.11. The van der Waals surface area contributed by atoms with Gasteiger partial charge in [0.15, 0.2) is 0 Å². The Morgan fingerprint density at radius 1 is 0.933 bits per heavy atom. The molecule has 1 amide bonds. The lowest BCUT2D eigenvalue weighted by atomic mass is 9.97. The summed E-state index contributed by atoms with van der Waals surface area (Å²) < 4.78 is 13.1. The SMILES string of the molecule is O=C(c1ccc(Cl)cc1)N1CCCCC1CCN1CCN(c2ccc(F)cc2)CC1. The number of hydrogen-bond acceptors (Lipinski definition) is 3. The van der Waals surface area contributed by atoms with Crippen molar-refractivity contribution in [2.45, 2.75) is 31.7 Å². The van der Waals surface area contributed by atoms with E-state index < -0.39 is 0 Å². The first-order valence-electron chi connectivity index (χ1n) is 10.9. The van der Waals surface area contributed by atoms with E-state index in [0.29, 0.717) is 11.1 Å². The predicted molar refractivity (Wildman–Crippen MR) is 120 cm³/mol. The van der Waals surface area contributed by atoms with Crippen LogP contribution >= 0.6 is 11.6 Å². The van der Waals surface area contributed by atoms with Gasteiger partial charge >= 0.3 is 0 Å². The van der Waals surface area contributed by atoms with Crippen LogP contribution in [0.2, 0.25) is 5.02 Å². The molecule has 2 aromatic carbocycles. The number of anilines is 1. The van der Waals surface area contributed by atoms with Crippen molar-refractivity contribution in [3.05, 3.63) is 64.9 Å². The lowest BCUT2D eigenvalue weighted by Gasteiger charge is -2.39. The van der Waals surface area contributed by atoms with Crippen LogP contribution in [0.4, 0.5) is 10.1 Å². The third-order valence-corrected chi connectivity index (χ3v) is 6.57. The number of piperazine rings is 1. The summed E-state index contributed by atoms with van der Waals surface area (Å²) in [6.45, 7) is 5.73. The number of amides is 1. The fourth-order valence-electron chi connectivity index (χ4n) is 4.54. The van der Waals surface area contributed by atoms with Crippen LogP contribution in [-0.2, 0) is 0 Å². The van der Waals surface area contributed by atoms with E-state index in [2.05, 4.69) is 14.7 Å². The monoisotopic (exact) mass is 429 g/mol. The highest BCUT2D eigenvalue weighted by Gasteiger charge is 2.28.